The van der Waals surface area contributed by atoms with Crippen molar-refractivity contribution < 1.29 is 44.3 Å². The van der Waals surface area contributed by atoms with Crippen LogP contribution in [0.3, 0.4) is 0 Å². The number of nitrogens with zero attached hydrogens (tertiary/aromatic N) is 3. The summed E-state index contributed by atoms with van der Waals surface area (Å²) in [4.78, 5) is 6.97. The maximum Gasteiger partial charge on any atom is 0.440 e. The van der Waals surface area contributed by atoms with Crippen molar-refractivity contribution in [2.24, 2.45) is 0 Å². The number of benzene rings is 1. The molecular formula is C25H18F9N3O. The first-order valence-electron chi connectivity index (χ1n) is 10.4. The average molecular weight is 547 g/mol. The molecule has 2 rings (SSSR count). The molecule has 0 unspecified atom stereocenters. The summed E-state index contributed by atoms with van der Waals surface area (Å²) in [6, 6.07) is 6.84. The Kier molecular flexibility index (Phi) is 8.47. The van der Waals surface area contributed by atoms with E-state index in [1.807, 2.05) is 4.90 Å². The second kappa shape index (κ2) is 10.7. The fraction of sp³-hybridized carbons (Fsp3) is 0.280. The molecule has 0 radical (unpaired) electrons. The number of hydrogen-bond donors (Lipinski definition) is 0. The van der Waals surface area contributed by atoms with Crippen molar-refractivity contribution in [3.05, 3.63) is 105 Å². The Bertz CT molecular complexity index is 1280. The Morgan fingerprint density at radius 3 is 1.87 bits per heavy atom. The fourth-order valence-electron chi connectivity index (χ4n) is 3.40. The molecule has 1 heterocycles. The van der Waals surface area contributed by atoms with E-state index in [9.17, 15) is 39.5 Å². The van der Waals surface area contributed by atoms with Crippen molar-refractivity contribution in [1.82, 2.24) is 0 Å². The number of rotatable bonds is 5. The molecule has 0 fully saturated rings. The van der Waals surface area contributed by atoms with Crippen LogP contribution < -0.4 is 4.90 Å². The van der Waals surface area contributed by atoms with Gasteiger partial charge in [-0.15, -0.1) is 0 Å². The predicted molar refractivity (Wildman–Crippen MR) is 122 cm³/mol. The lowest BCUT2D eigenvalue weighted by Gasteiger charge is -2.37. The van der Waals surface area contributed by atoms with E-state index in [1.165, 1.54) is 12.2 Å². The average Bonchev–Trinajstić information content (AvgIpc) is 3.16. The van der Waals surface area contributed by atoms with Crippen LogP contribution in [0.4, 0.5) is 45.2 Å². The smallest absolute Gasteiger partial charge is 0.440 e. The van der Waals surface area contributed by atoms with E-state index in [4.69, 9.17) is 13.1 Å². The van der Waals surface area contributed by atoms with Crippen molar-refractivity contribution in [1.29, 1.82) is 0 Å². The quantitative estimate of drug-likeness (QED) is 0.212. The molecule has 4 nitrogen and oxygen atoms in total. The van der Waals surface area contributed by atoms with Crippen LogP contribution in [-0.4, -0.2) is 38.2 Å². The first-order valence-corrected chi connectivity index (χ1v) is 10.4. The maximum atomic E-state index is 14.0. The van der Waals surface area contributed by atoms with Gasteiger partial charge in [-0.3, -0.25) is 0 Å². The third-order valence-corrected chi connectivity index (χ3v) is 5.22. The van der Waals surface area contributed by atoms with Crippen LogP contribution in [0.5, 0.6) is 0 Å². The van der Waals surface area contributed by atoms with Crippen LogP contribution in [0.2, 0.25) is 0 Å². The van der Waals surface area contributed by atoms with Crippen LogP contribution in [0.15, 0.2) is 76.9 Å². The van der Waals surface area contributed by atoms with Crippen molar-refractivity contribution in [3.63, 3.8) is 0 Å². The van der Waals surface area contributed by atoms with Crippen LogP contribution >= 0.6 is 0 Å². The summed E-state index contributed by atoms with van der Waals surface area (Å²) in [7, 11) is 3.60. The number of allylic oxidation sites excluding steroid dienone is 5. The van der Waals surface area contributed by atoms with Gasteiger partial charge in [0.25, 0.3) is 0 Å². The van der Waals surface area contributed by atoms with Gasteiger partial charge in [0.05, 0.1) is 18.7 Å². The second-order valence-electron chi connectivity index (χ2n) is 7.95. The SMILES string of the molecule is [C-]#[N+]C1=C(C(=C/C=C/C=C/c2ccc(N(C)C)cc2)/C(F)(F)F)C(C(F)(F)F)(C(F)(F)F)O/C1=C(\C)[N+]#[C-]. The highest BCUT2D eigenvalue weighted by Gasteiger charge is 2.79. The molecule has 0 saturated carbocycles. The molecule has 0 bridgehead atoms. The second-order valence-corrected chi connectivity index (χ2v) is 7.95. The summed E-state index contributed by atoms with van der Waals surface area (Å²) in [6.07, 6.45) is -14.5. The highest BCUT2D eigenvalue weighted by atomic mass is 19.4. The normalized spacial score (nSPS) is 18.0. The van der Waals surface area contributed by atoms with Crippen molar-refractivity contribution >= 4 is 11.8 Å². The molecule has 202 valence electrons. The molecule has 0 aliphatic carbocycles. The number of ether oxygens (including phenoxy) is 1. The van der Waals surface area contributed by atoms with E-state index in [1.54, 1.807) is 38.4 Å². The number of halogens is 9. The molecule has 0 N–H and O–H groups in total. The number of alkyl halides is 9. The zero-order valence-corrected chi connectivity index (χ0v) is 19.8. The van der Waals surface area contributed by atoms with E-state index >= 15 is 0 Å². The van der Waals surface area contributed by atoms with Crippen LogP contribution in [0, 0.1) is 13.1 Å². The Labute approximate surface area is 211 Å². The monoisotopic (exact) mass is 547 g/mol. The lowest BCUT2D eigenvalue weighted by Crippen LogP contribution is -2.59. The lowest BCUT2D eigenvalue weighted by molar-refractivity contribution is -0.351. The summed E-state index contributed by atoms with van der Waals surface area (Å²) < 4.78 is 130. The minimum absolute atomic E-state index is 0.00824. The van der Waals surface area contributed by atoms with E-state index in [-0.39, 0.29) is 6.08 Å². The van der Waals surface area contributed by atoms with Gasteiger partial charge in [0.1, 0.15) is 5.76 Å². The highest BCUT2D eigenvalue weighted by molar-refractivity contribution is 5.61. The van der Waals surface area contributed by atoms with Crippen molar-refractivity contribution in [2.45, 2.75) is 31.1 Å². The Morgan fingerprint density at radius 2 is 1.45 bits per heavy atom. The van der Waals surface area contributed by atoms with E-state index in [2.05, 4.69) is 14.4 Å². The molecule has 0 atom stereocenters. The van der Waals surface area contributed by atoms with Crippen LogP contribution in [-0.2, 0) is 4.74 Å². The van der Waals surface area contributed by atoms with Gasteiger partial charge in [-0.2, -0.15) is 39.5 Å². The third-order valence-electron chi connectivity index (χ3n) is 5.22. The Hall–Kier alpha value is -4.13. The Balaban J connectivity index is 2.74. The van der Waals surface area contributed by atoms with Crippen LogP contribution in [0.1, 0.15) is 12.5 Å². The van der Waals surface area contributed by atoms with E-state index in [0.717, 1.165) is 18.7 Å². The highest BCUT2D eigenvalue weighted by Crippen LogP contribution is 2.60. The third kappa shape index (κ3) is 5.72. The van der Waals surface area contributed by atoms with Gasteiger partial charge in [0, 0.05) is 25.4 Å². The summed E-state index contributed by atoms with van der Waals surface area (Å²) >= 11 is 0. The molecule has 1 aromatic carbocycles. The maximum absolute atomic E-state index is 14.0. The molecule has 1 aliphatic heterocycles. The number of anilines is 1. The molecule has 1 aromatic rings. The molecule has 13 heteroatoms. The summed E-state index contributed by atoms with van der Waals surface area (Å²) in [5, 5.41) is 0. The standard InChI is InChI=1S/C25H18F9N3O/c1-15(35-2)21-20(36-3)19(22(38-21,24(29,30)31)25(32,33)34)18(23(26,27)28)10-8-6-7-9-16-11-13-17(14-12-16)37(4)5/h6-14H,1,4-5H3/b8-6+,9-7+,18-10-,21-15+. The van der Waals surface area contributed by atoms with Gasteiger partial charge in [-0.05, 0) is 24.6 Å². The minimum atomic E-state index is -6.48. The van der Waals surface area contributed by atoms with Gasteiger partial charge >= 0.3 is 24.1 Å². The summed E-state index contributed by atoms with van der Waals surface area (Å²) in [5.41, 5.74) is -11.6. The molecule has 0 saturated heterocycles. The Morgan fingerprint density at radius 1 is 0.895 bits per heavy atom. The lowest BCUT2D eigenvalue weighted by atomic mass is 9.85. The molecular weight excluding hydrogens is 529 g/mol. The molecule has 0 amide bonds. The number of hydrogen-bond acceptors (Lipinski definition) is 2. The van der Waals surface area contributed by atoms with Gasteiger partial charge in [0.15, 0.2) is 5.70 Å². The topological polar surface area (TPSA) is 21.2 Å². The first-order chi connectivity index (χ1) is 17.4. The zero-order valence-electron chi connectivity index (χ0n) is 19.8. The van der Waals surface area contributed by atoms with Gasteiger partial charge in [-0.25, -0.2) is 9.69 Å². The van der Waals surface area contributed by atoms with Crippen molar-refractivity contribution in [2.75, 3.05) is 19.0 Å². The summed E-state index contributed by atoms with van der Waals surface area (Å²) in [5.74, 6) is -1.53. The van der Waals surface area contributed by atoms with Gasteiger partial charge < -0.3 is 9.64 Å². The zero-order chi connectivity index (χ0) is 29.1. The molecule has 1 aliphatic rings. The van der Waals surface area contributed by atoms with Crippen molar-refractivity contribution in [3.8, 4) is 0 Å². The van der Waals surface area contributed by atoms with Crippen LogP contribution in [0.25, 0.3) is 15.8 Å². The minimum Gasteiger partial charge on any atom is -0.489 e. The first kappa shape index (κ1) is 30.1. The fourth-order valence-corrected chi connectivity index (χ4v) is 3.40. The molecule has 0 aromatic heterocycles. The van der Waals surface area contributed by atoms with Gasteiger partial charge in [-0.1, -0.05) is 42.5 Å². The van der Waals surface area contributed by atoms with Gasteiger partial charge in [0.2, 0.25) is 5.70 Å². The van der Waals surface area contributed by atoms with E-state index < -0.39 is 52.4 Å². The largest absolute Gasteiger partial charge is 0.489 e. The summed E-state index contributed by atoms with van der Waals surface area (Å²) in [6.45, 7) is 14.7. The van der Waals surface area contributed by atoms with E-state index in [0.29, 0.717) is 11.6 Å². The predicted octanol–water partition coefficient (Wildman–Crippen LogP) is 8.03. The molecule has 38 heavy (non-hydrogen) atoms. The molecule has 0 spiro atoms.